The minimum atomic E-state index is -2.46. The first-order valence-electron chi connectivity index (χ1n) is 3.31. The Hall–Kier alpha value is -0.220. The van der Waals surface area contributed by atoms with Crippen molar-refractivity contribution in [3.05, 3.63) is 0 Å². The molecule has 1 fully saturated rings. The average Bonchev–Trinajstić information content (AvgIpc) is 1.88. The molecule has 4 heteroatoms. The molecule has 1 aliphatic heterocycles. The van der Waals surface area contributed by atoms with E-state index in [4.69, 9.17) is 4.84 Å². The maximum atomic E-state index is 12.4. The van der Waals surface area contributed by atoms with Crippen LogP contribution in [0.3, 0.4) is 0 Å². The molecule has 0 radical (unpaired) electrons. The normalized spacial score (nSPS) is 26.7. The quantitative estimate of drug-likeness (QED) is 0.559. The number of hydrogen-bond acceptors (Lipinski definition) is 2. The highest BCUT2D eigenvalue weighted by Gasteiger charge is 2.33. The predicted molar refractivity (Wildman–Crippen MR) is 32.8 cm³/mol. The number of nitrogens with zero attached hydrogens (tertiary/aromatic N) is 1. The lowest BCUT2D eigenvalue weighted by Gasteiger charge is -2.29. The van der Waals surface area contributed by atoms with Crippen LogP contribution in [0.2, 0.25) is 0 Å². The predicted octanol–water partition coefficient (Wildman–Crippen LogP) is 1.28. The van der Waals surface area contributed by atoms with E-state index < -0.39 is 5.92 Å². The van der Waals surface area contributed by atoms with Crippen molar-refractivity contribution in [3.63, 3.8) is 0 Å². The summed E-state index contributed by atoms with van der Waals surface area (Å²) >= 11 is 0. The second-order valence-corrected chi connectivity index (χ2v) is 2.47. The third-order valence-electron chi connectivity index (χ3n) is 1.71. The molecular weight excluding hydrogens is 140 g/mol. The van der Waals surface area contributed by atoms with Crippen molar-refractivity contribution in [2.75, 3.05) is 20.2 Å². The lowest BCUT2D eigenvalue weighted by atomic mass is 10.1. The first-order chi connectivity index (χ1) is 4.64. The van der Waals surface area contributed by atoms with E-state index in [1.165, 1.54) is 7.11 Å². The summed E-state index contributed by atoms with van der Waals surface area (Å²) in [6.45, 7) is 0.674. The van der Waals surface area contributed by atoms with Crippen molar-refractivity contribution in [2.45, 2.75) is 18.8 Å². The molecule has 2 nitrogen and oxygen atoms in total. The number of alkyl halides is 2. The van der Waals surface area contributed by atoms with Crippen molar-refractivity contribution in [3.8, 4) is 0 Å². The molecule has 0 aliphatic carbocycles. The fourth-order valence-electron chi connectivity index (χ4n) is 0.996. The highest BCUT2D eigenvalue weighted by Crippen LogP contribution is 2.27. The molecule has 0 aromatic carbocycles. The molecule has 10 heavy (non-hydrogen) atoms. The standard InChI is InChI=1S/C6H11F2NO/c1-10-9-4-2-6(7,8)3-5-9/h2-5H2,1H3. The van der Waals surface area contributed by atoms with Crippen LogP contribution in [0.4, 0.5) is 8.78 Å². The Morgan fingerprint density at radius 3 is 2.20 bits per heavy atom. The summed E-state index contributed by atoms with van der Waals surface area (Å²) in [4.78, 5) is 4.78. The molecule has 0 spiro atoms. The average molecular weight is 151 g/mol. The Labute approximate surface area is 58.7 Å². The fourth-order valence-corrected chi connectivity index (χ4v) is 0.996. The van der Waals surface area contributed by atoms with Crippen LogP contribution in [0, 0.1) is 0 Å². The molecule has 0 N–H and O–H groups in total. The summed E-state index contributed by atoms with van der Waals surface area (Å²) in [7, 11) is 1.50. The zero-order valence-electron chi connectivity index (χ0n) is 5.94. The van der Waals surface area contributed by atoms with Gasteiger partial charge in [0.15, 0.2) is 0 Å². The Balaban J connectivity index is 2.31. The molecule has 0 aromatic rings. The van der Waals surface area contributed by atoms with Crippen LogP contribution in [-0.2, 0) is 4.84 Å². The van der Waals surface area contributed by atoms with Gasteiger partial charge in [-0.1, -0.05) is 0 Å². The lowest BCUT2D eigenvalue weighted by molar-refractivity contribution is -0.182. The van der Waals surface area contributed by atoms with Gasteiger partial charge in [0.1, 0.15) is 0 Å². The van der Waals surface area contributed by atoms with E-state index in [9.17, 15) is 8.78 Å². The number of hydroxylamine groups is 2. The van der Waals surface area contributed by atoms with Crippen LogP contribution in [0.5, 0.6) is 0 Å². The van der Waals surface area contributed by atoms with Gasteiger partial charge in [0.05, 0.1) is 7.11 Å². The smallest absolute Gasteiger partial charge is 0.250 e. The van der Waals surface area contributed by atoms with Crippen molar-refractivity contribution < 1.29 is 13.6 Å². The maximum absolute atomic E-state index is 12.4. The van der Waals surface area contributed by atoms with Gasteiger partial charge >= 0.3 is 0 Å². The van der Waals surface area contributed by atoms with Gasteiger partial charge in [0, 0.05) is 25.9 Å². The Morgan fingerprint density at radius 2 is 1.80 bits per heavy atom. The summed E-state index contributed by atoms with van der Waals surface area (Å²) in [6.07, 6.45) is -0.165. The van der Waals surface area contributed by atoms with E-state index in [-0.39, 0.29) is 12.8 Å². The zero-order valence-corrected chi connectivity index (χ0v) is 5.94. The molecule has 0 unspecified atom stereocenters. The number of rotatable bonds is 1. The highest BCUT2D eigenvalue weighted by atomic mass is 19.3. The topological polar surface area (TPSA) is 12.5 Å². The highest BCUT2D eigenvalue weighted by molar-refractivity contribution is 4.73. The first kappa shape index (κ1) is 7.88. The van der Waals surface area contributed by atoms with Crippen LogP contribution >= 0.6 is 0 Å². The number of hydrogen-bond donors (Lipinski definition) is 0. The van der Waals surface area contributed by atoms with E-state index >= 15 is 0 Å². The van der Waals surface area contributed by atoms with Gasteiger partial charge in [-0.2, -0.15) is 5.06 Å². The van der Waals surface area contributed by atoms with Crippen LogP contribution < -0.4 is 0 Å². The zero-order chi connectivity index (χ0) is 7.61. The van der Waals surface area contributed by atoms with Gasteiger partial charge in [-0.3, -0.25) is 0 Å². The second kappa shape index (κ2) is 2.80. The SMILES string of the molecule is CON1CCC(F)(F)CC1. The third kappa shape index (κ3) is 1.88. The van der Waals surface area contributed by atoms with Crippen LogP contribution in [0.15, 0.2) is 0 Å². The lowest BCUT2D eigenvalue weighted by Crippen LogP contribution is -2.38. The molecule has 0 amide bonds. The molecule has 1 heterocycles. The Bertz CT molecular complexity index is 108. The van der Waals surface area contributed by atoms with Crippen molar-refractivity contribution in [1.82, 2.24) is 5.06 Å². The van der Waals surface area contributed by atoms with E-state index in [0.717, 1.165) is 0 Å². The maximum Gasteiger partial charge on any atom is 0.250 e. The van der Waals surface area contributed by atoms with E-state index in [2.05, 4.69) is 0 Å². The molecular formula is C6H11F2NO. The molecule has 0 aromatic heterocycles. The minimum absolute atomic E-state index is 0.0825. The molecule has 0 saturated carbocycles. The molecule has 1 rings (SSSR count). The largest absolute Gasteiger partial charge is 0.302 e. The molecule has 0 atom stereocenters. The molecule has 0 bridgehead atoms. The van der Waals surface area contributed by atoms with Gasteiger partial charge in [-0.15, -0.1) is 0 Å². The Morgan fingerprint density at radius 1 is 1.30 bits per heavy atom. The summed E-state index contributed by atoms with van der Waals surface area (Å²) in [5.74, 6) is -2.46. The van der Waals surface area contributed by atoms with Crippen molar-refractivity contribution in [2.24, 2.45) is 0 Å². The number of piperidine rings is 1. The fraction of sp³-hybridized carbons (Fsp3) is 1.00. The van der Waals surface area contributed by atoms with Gasteiger partial charge < -0.3 is 4.84 Å². The van der Waals surface area contributed by atoms with E-state index in [0.29, 0.717) is 13.1 Å². The minimum Gasteiger partial charge on any atom is -0.302 e. The van der Waals surface area contributed by atoms with Gasteiger partial charge in [-0.05, 0) is 0 Å². The molecule has 1 saturated heterocycles. The van der Waals surface area contributed by atoms with Gasteiger partial charge in [0.25, 0.3) is 5.92 Å². The number of halogens is 2. The monoisotopic (exact) mass is 151 g/mol. The van der Waals surface area contributed by atoms with E-state index in [1.54, 1.807) is 5.06 Å². The van der Waals surface area contributed by atoms with Crippen LogP contribution in [0.25, 0.3) is 0 Å². The Kier molecular flexibility index (Phi) is 2.21. The van der Waals surface area contributed by atoms with Gasteiger partial charge in [-0.25, -0.2) is 8.78 Å². The van der Waals surface area contributed by atoms with Crippen molar-refractivity contribution >= 4 is 0 Å². The summed E-state index contributed by atoms with van der Waals surface area (Å²) in [6, 6.07) is 0. The first-order valence-corrected chi connectivity index (χ1v) is 3.31. The van der Waals surface area contributed by atoms with Crippen molar-refractivity contribution in [1.29, 1.82) is 0 Å². The summed E-state index contributed by atoms with van der Waals surface area (Å²) in [5.41, 5.74) is 0. The van der Waals surface area contributed by atoms with Crippen LogP contribution in [-0.4, -0.2) is 31.2 Å². The molecule has 60 valence electrons. The van der Waals surface area contributed by atoms with Crippen LogP contribution in [0.1, 0.15) is 12.8 Å². The second-order valence-electron chi connectivity index (χ2n) is 2.47. The van der Waals surface area contributed by atoms with Gasteiger partial charge in [0.2, 0.25) is 0 Å². The third-order valence-corrected chi connectivity index (χ3v) is 1.71. The summed E-state index contributed by atoms with van der Waals surface area (Å²) in [5, 5.41) is 1.55. The van der Waals surface area contributed by atoms with E-state index in [1.807, 2.05) is 0 Å². The summed E-state index contributed by atoms with van der Waals surface area (Å²) < 4.78 is 24.9. The molecule has 1 aliphatic rings.